The summed E-state index contributed by atoms with van der Waals surface area (Å²) in [5.74, 6) is -1.62. The van der Waals surface area contributed by atoms with E-state index in [1.54, 1.807) is 17.5 Å². The van der Waals surface area contributed by atoms with E-state index in [0.717, 1.165) is 0 Å². The van der Waals surface area contributed by atoms with Gasteiger partial charge in [-0.05, 0) is 18.4 Å². The van der Waals surface area contributed by atoms with Crippen molar-refractivity contribution in [1.29, 1.82) is 0 Å². The minimum absolute atomic E-state index is 0. The second kappa shape index (κ2) is 6.97. The Balaban J connectivity index is 0.00000196. The van der Waals surface area contributed by atoms with Crippen molar-refractivity contribution in [2.45, 2.75) is 13.0 Å². The van der Waals surface area contributed by atoms with Crippen LogP contribution in [0.15, 0.2) is 17.5 Å². The monoisotopic (exact) mass is 236 g/mol. The maximum atomic E-state index is 11.3. The van der Waals surface area contributed by atoms with Crippen LogP contribution in [-0.2, 0) is 4.79 Å². The summed E-state index contributed by atoms with van der Waals surface area (Å²) in [6.45, 7) is 1.38. The molecule has 2 N–H and O–H groups in total. The summed E-state index contributed by atoms with van der Waals surface area (Å²) < 4.78 is 0. The third kappa shape index (κ3) is 4.76. The second-order valence-corrected chi connectivity index (χ2v) is 3.56. The van der Waals surface area contributed by atoms with E-state index >= 15 is 0 Å². The average Bonchev–Trinajstić information content (AvgIpc) is 2.66. The van der Waals surface area contributed by atoms with Crippen LogP contribution in [0.5, 0.6) is 0 Å². The number of hydrazine groups is 1. The minimum Gasteiger partial charge on any atom is -0.548 e. The number of rotatable bonds is 4. The Kier molecular flexibility index (Phi) is 6.78. The molecule has 0 radical (unpaired) electrons. The van der Waals surface area contributed by atoms with Gasteiger partial charge in [-0.2, -0.15) is 0 Å². The molecule has 0 unspecified atom stereocenters. The molecule has 0 bridgehead atoms. The zero-order valence-electron chi connectivity index (χ0n) is 8.44. The number of hydrogen-bond donors (Lipinski definition) is 2. The van der Waals surface area contributed by atoms with Gasteiger partial charge in [0.15, 0.2) is 0 Å². The maximum Gasteiger partial charge on any atom is 1.00 e. The molecule has 5 nitrogen and oxygen atoms in total. The largest absolute Gasteiger partial charge is 1.00 e. The van der Waals surface area contributed by atoms with Crippen molar-refractivity contribution < 1.29 is 44.3 Å². The van der Waals surface area contributed by atoms with Crippen molar-refractivity contribution >= 4 is 23.2 Å². The van der Waals surface area contributed by atoms with E-state index in [0.29, 0.717) is 4.88 Å². The third-order valence-electron chi connectivity index (χ3n) is 1.50. The first-order valence-corrected chi connectivity index (χ1v) is 4.79. The minimum atomic E-state index is -1.27. The van der Waals surface area contributed by atoms with Gasteiger partial charge < -0.3 is 9.90 Å². The number of carbonyl (C=O) groups is 2. The van der Waals surface area contributed by atoms with Crippen LogP contribution in [0.25, 0.3) is 0 Å². The normalized spacial score (nSPS) is 11.3. The molecule has 0 aliphatic heterocycles. The number of thiophene rings is 1. The fraction of sp³-hybridized carbons (Fsp3) is 0.250. The van der Waals surface area contributed by atoms with Gasteiger partial charge in [-0.1, -0.05) is 6.07 Å². The van der Waals surface area contributed by atoms with Crippen molar-refractivity contribution in [2.75, 3.05) is 0 Å². The molecule has 0 fully saturated rings. The first-order chi connectivity index (χ1) is 6.61. The van der Waals surface area contributed by atoms with Crippen LogP contribution < -0.4 is 45.5 Å². The Bertz CT molecular complexity index is 329. The number of carboxylic acid groups (broad SMARTS) is 1. The van der Waals surface area contributed by atoms with E-state index < -0.39 is 12.0 Å². The molecule has 1 amide bonds. The van der Waals surface area contributed by atoms with Gasteiger partial charge in [-0.15, -0.1) is 11.3 Å². The third-order valence-corrected chi connectivity index (χ3v) is 2.37. The van der Waals surface area contributed by atoms with Crippen LogP contribution in [0.1, 0.15) is 16.6 Å². The second-order valence-electron chi connectivity index (χ2n) is 2.62. The van der Waals surface area contributed by atoms with Crippen LogP contribution in [-0.4, -0.2) is 17.9 Å². The zero-order chi connectivity index (χ0) is 10.6. The number of amides is 1. The summed E-state index contributed by atoms with van der Waals surface area (Å²) in [6, 6.07) is 2.46. The summed E-state index contributed by atoms with van der Waals surface area (Å²) >= 11 is 1.28. The summed E-state index contributed by atoms with van der Waals surface area (Å²) in [5.41, 5.74) is 4.58. The van der Waals surface area contributed by atoms with Crippen molar-refractivity contribution in [3.8, 4) is 0 Å². The number of hydrogen-bond acceptors (Lipinski definition) is 5. The topological polar surface area (TPSA) is 81.3 Å². The standard InChI is InChI=1S/C8H10N2O3S.Na/c1-5(8(12)13)9-10-7(11)6-3-2-4-14-6;/h2-5,9H,1H3,(H,10,11)(H,12,13);/q;+1/p-1/t5-;/m0./s1. The van der Waals surface area contributed by atoms with E-state index in [4.69, 9.17) is 0 Å². The molecule has 1 rings (SSSR count). The van der Waals surface area contributed by atoms with Gasteiger partial charge in [0.25, 0.3) is 5.91 Å². The van der Waals surface area contributed by atoms with E-state index in [2.05, 4.69) is 10.9 Å². The van der Waals surface area contributed by atoms with Gasteiger partial charge in [0.2, 0.25) is 0 Å². The Hall–Kier alpha value is -0.400. The molecule has 15 heavy (non-hydrogen) atoms. The summed E-state index contributed by atoms with van der Waals surface area (Å²) in [4.78, 5) is 22.0. The Morgan fingerprint density at radius 1 is 1.53 bits per heavy atom. The number of aliphatic carboxylic acids is 1. The van der Waals surface area contributed by atoms with Crippen molar-refractivity contribution in [2.24, 2.45) is 0 Å². The molecular weight excluding hydrogens is 227 g/mol. The van der Waals surface area contributed by atoms with Crippen LogP contribution in [0.2, 0.25) is 0 Å². The molecule has 0 spiro atoms. The van der Waals surface area contributed by atoms with Crippen molar-refractivity contribution in [3.63, 3.8) is 0 Å². The zero-order valence-corrected chi connectivity index (χ0v) is 11.3. The molecule has 0 aliphatic rings. The average molecular weight is 236 g/mol. The molecule has 1 heterocycles. The van der Waals surface area contributed by atoms with E-state index in [1.165, 1.54) is 18.3 Å². The predicted octanol–water partition coefficient (Wildman–Crippen LogP) is -3.88. The molecule has 0 aromatic carbocycles. The van der Waals surface area contributed by atoms with Gasteiger partial charge in [0.1, 0.15) is 0 Å². The van der Waals surface area contributed by atoms with E-state index in [9.17, 15) is 14.7 Å². The fourth-order valence-electron chi connectivity index (χ4n) is 0.702. The predicted molar refractivity (Wildman–Crippen MR) is 49.4 cm³/mol. The van der Waals surface area contributed by atoms with E-state index in [-0.39, 0.29) is 35.5 Å². The fourth-order valence-corrected chi connectivity index (χ4v) is 1.32. The molecule has 1 aromatic rings. The molecule has 76 valence electrons. The van der Waals surface area contributed by atoms with Gasteiger partial charge in [-0.25, -0.2) is 5.43 Å². The number of carbonyl (C=O) groups excluding carboxylic acids is 2. The Labute approximate surface area is 113 Å². The number of nitrogens with one attached hydrogen (secondary N) is 2. The Morgan fingerprint density at radius 3 is 2.67 bits per heavy atom. The van der Waals surface area contributed by atoms with Crippen LogP contribution in [0, 0.1) is 0 Å². The summed E-state index contributed by atoms with van der Waals surface area (Å²) in [7, 11) is 0. The number of carboxylic acids is 1. The molecule has 0 saturated heterocycles. The molecule has 0 saturated carbocycles. The quantitative estimate of drug-likeness (QED) is 0.414. The summed E-state index contributed by atoms with van der Waals surface area (Å²) in [5, 5.41) is 12.0. The molecule has 1 aromatic heterocycles. The maximum absolute atomic E-state index is 11.3. The SMILES string of the molecule is C[C@H](NNC(=O)c1cccs1)C(=O)[O-].[Na+]. The van der Waals surface area contributed by atoms with Gasteiger partial charge in [0, 0.05) is 0 Å². The van der Waals surface area contributed by atoms with Crippen LogP contribution in [0.3, 0.4) is 0 Å². The summed E-state index contributed by atoms with van der Waals surface area (Å²) in [6.07, 6.45) is 0. The Morgan fingerprint density at radius 2 is 2.20 bits per heavy atom. The van der Waals surface area contributed by atoms with Gasteiger partial charge >= 0.3 is 29.6 Å². The van der Waals surface area contributed by atoms with Crippen molar-refractivity contribution in [3.05, 3.63) is 22.4 Å². The van der Waals surface area contributed by atoms with Crippen molar-refractivity contribution in [1.82, 2.24) is 10.9 Å². The molecule has 7 heteroatoms. The van der Waals surface area contributed by atoms with Gasteiger partial charge in [-0.3, -0.25) is 10.2 Å². The van der Waals surface area contributed by atoms with Gasteiger partial charge in [0.05, 0.1) is 16.9 Å². The van der Waals surface area contributed by atoms with Crippen LogP contribution in [0.4, 0.5) is 0 Å². The molecular formula is C8H9N2NaO3S. The first kappa shape index (κ1) is 14.6. The smallest absolute Gasteiger partial charge is 0.548 e. The van der Waals surface area contributed by atoms with Crippen LogP contribution >= 0.6 is 11.3 Å². The molecule has 0 aliphatic carbocycles. The van der Waals surface area contributed by atoms with E-state index in [1.807, 2.05) is 0 Å². The molecule has 1 atom stereocenters. The first-order valence-electron chi connectivity index (χ1n) is 3.91.